The van der Waals surface area contributed by atoms with Crippen LogP contribution in [0.4, 0.5) is 0 Å². The van der Waals surface area contributed by atoms with Crippen molar-refractivity contribution in [3.05, 3.63) is 45.8 Å². The van der Waals surface area contributed by atoms with E-state index in [9.17, 15) is 0 Å². The van der Waals surface area contributed by atoms with Crippen molar-refractivity contribution in [3.63, 3.8) is 0 Å². The molecule has 0 saturated carbocycles. The molecule has 1 aromatic heterocycles. The largest absolute Gasteiger partial charge is 0.236 e. The summed E-state index contributed by atoms with van der Waals surface area (Å²) in [5.74, 6) is 0. The van der Waals surface area contributed by atoms with E-state index in [1.54, 1.807) is 0 Å². The van der Waals surface area contributed by atoms with Gasteiger partial charge in [0.2, 0.25) is 0 Å². The lowest BCUT2D eigenvalue weighted by Gasteiger charge is -2.04. The molecule has 0 fully saturated rings. The Morgan fingerprint density at radius 2 is 2.00 bits per heavy atom. The third-order valence-electron chi connectivity index (χ3n) is 2.03. The first-order valence-electron chi connectivity index (χ1n) is 4.41. The number of hydrogen-bond donors (Lipinski definition) is 0. The zero-order valence-electron chi connectivity index (χ0n) is 8.04. The van der Waals surface area contributed by atoms with Crippen molar-refractivity contribution in [2.24, 2.45) is 0 Å². The normalized spacial score (nSPS) is 10.3. The summed E-state index contributed by atoms with van der Waals surface area (Å²) in [6, 6.07) is 7.71. The number of hydrogen-bond acceptors (Lipinski definition) is 2. The highest BCUT2D eigenvalue weighted by Crippen LogP contribution is 2.27. The second-order valence-electron chi connectivity index (χ2n) is 3.21. The number of rotatable bonds is 1. The fourth-order valence-electron chi connectivity index (χ4n) is 1.32. The van der Waals surface area contributed by atoms with Gasteiger partial charge in [-0.1, -0.05) is 23.2 Å². The highest BCUT2D eigenvalue weighted by Gasteiger charge is 2.05. The Labute approximate surface area is 101 Å². The van der Waals surface area contributed by atoms with Gasteiger partial charge in [0.1, 0.15) is 10.9 Å². The smallest absolute Gasteiger partial charge is 0.117 e. The van der Waals surface area contributed by atoms with E-state index >= 15 is 0 Å². The first-order valence-corrected chi connectivity index (χ1v) is 5.58. The second-order valence-corrected chi connectivity index (χ2v) is 4.43. The van der Waals surface area contributed by atoms with E-state index in [-0.39, 0.29) is 0 Å². The van der Waals surface area contributed by atoms with Crippen LogP contribution in [0.25, 0.3) is 11.3 Å². The van der Waals surface area contributed by atoms with E-state index in [4.69, 9.17) is 11.6 Å². The Balaban J connectivity index is 2.58. The molecule has 0 bridgehead atoms. The topological polar surface area (TPSA) is 25.8 Å². The van der Waals surface area contributed by atoms with Gasteiger partial charge in [0.25, 0.3) is 0 Å². The van der Waals surface area contributed by atoms with Gasteiger partial charge in [0.05, 0.1) is 5.69 Å². The fraction of sp³-hybridized carbons (Fsp3) is 0.0909. The first kappa shape index (κ1) is 10.6. The molecule has 2 aromatic rings. The molecule has 0 spiro atoms. The highest BCUT2D eigenvalue weighted by molar-refractivity contribution is 9.10. The fourth-order valence-corrected chi connectivity index (χ4v) is 1.84. The van der Waals surface area contributed by atoms with Gasteiger partial charge in [-0.15, -0.1) is 0 Å². The van der Waals surface area contributed by atoms with Crippen LogP contribution >= 0.6 is 27.5 Å². The number of nitrogens with zero attached hydrogens (tertiary/aromatic N) is 2. The number of halogens is 2. The second kappa shape index (κ2) is 4.29. The van der Waals surface area contributed by atoms with Crippen LogP contribution in [-0.2, 0) is 0 Å². The van der Waals surface area contributed by atoms with E-state index in [0.717, 1.165) is 21.4 Å². The lowest BCUT2D eigenvalue weighted by Crippen LogP contribution is -1.87. The van der Waals surface area contributed by atoms with Gasteiger partial charge >= 0.3 is 0 Å². The predicted molar refractivity (Wildman–Crippen MR) is 64.9 cm³/mol. The number of benzene rings is 1. The van der Waals surface area contributed by atoms with Crippen LogP contribution in [0, 0.1) is 6.92 Å². The van der Waals surface area contributed by atoms with Crippen molar-refractivity contribution in [2.45, 2.75) is 6.92 Å². The van der Waals surface area contributed by atoms with Crippen LogP contribution in [0.2, 0.25) is 5.02 Å². The van der Waals surface area contributed by atoms with Gasteiger partial charge in [0.15, 0.2) is 0 Å². The Kier molecular flexibility index (Phi) is 3.03. The molecule has 0 aliphatic rings. The van der Waals surface area contributed by atoms with E-state index in [0.29, 0.717) is 5.02 Å². The van der Waals surface area contributed by atoms with Crippen LogP contribution in [0.15, 0.2) is 35.2 Å². The van der Waals surface area contributed by atoms with Crippen molar-refractivity contribution in [1.29, 1.82) is 0 Å². The molecule has 0 aliphatic carbocycles. The van der Waals surface area contributed by atoms with Gasteiger partial charge < -0.3 is 0 Å². The lowest BCUT2D eigenvalue weighted by molar-refractivity contribution is 1.14. The standard InChI is InChI=1S/C11H8BrClN2/c1-7-2-3-9(13)8(4-7)10-5-11(12)15-6-14-10/h2-6H,1H3. The quantitative estimate of drug-likeness (QED) is 0.743. The van der Waals surface area contributed by atoms with Crippen LogP contribution in [0.3, 0.4) is 0 Å². The molecule has 2 nitrogen and oxygen atoms in total. The molecule has 4 heteroatoms. The minimum atomic E-state index is 0.700. The molecule has 15 heavy (non-hydrogen) atoms. The summed E-state index contributed by atoms with van der Waals surface area (Å²) >= 11 is 9.42. The Bertz CT molecular complexity index is 500. The molecular formula is C11H8BrClN2. The average Bonchev–Trinajstić information content (AvgIpc) is 2.22. The Morgan fingerprint density at radius 1 is 1.20 bits per heavy atom. The molecule has 2 rings (SSSR count). The van der Waals surface area contributed by atoms with E-state index in [1.165, 1.54) is 6.33 Å². The average molecular weight is 284 g/mol. The van der Waals surface area contributed by atoms with Crippen LogP contribution < -0.4 is 0 Å². The minimum absolute atomic E-state index is 0.700. The van der Waals surface area contributed by atoms with Gasteiger partial charge in [-0.25, -0.2) is 9.97 Å². The maximum absolute atomic E-state index is 6.11. The third-order valence-corrected chi connectivity index (χ3v) is 2.79. The summed E-state index contributed by atoms with van der Waals surface area (Å²) in [5, 5.41) is 0.700. The van der Waals surface area contributed by atoms with Gasteiger partial charge in [-0.2, -0.15) is 0 Å². The summed E-state index contributed by atoms with van der Waals surface area (Å²) in [4.78, 5) is 8.17. The molecule has 1 aromatic carbocycles. The number of aryl methyl sites for hydroxylation is 1. The van der Waals surface area contributed by atoms with Gasteiger partial charge in [-0.05, 0) is 41.1 Å². The van der Waals surface area contributed by atoms with Gasteiger partial charge in [-0.3, -0.25) is 0 Å². The summed E-state index contributed by atoms with van der Waals surface area (Å²) in [6.45, 7) is 2.02. The predicted octanol–water partition coefficient (Wildman–Crippen LogP) is 3.87. The zero-order chi connectivity index (χ0) is 10.8. The molecule has 0 radical (unpaired) electrons. The molecule has 0 aliphatic heterocycles. The molecule has 0 atom stereocenters. The van der Waals surface area contributed by atoms with Crippen LogP contribution in [0.1, 0.15) is 5.56 Å². The minimum Gasteiger partial charge on any atom is -0.236 e. The number of aromatic nitrogens is 2. The molecular weight excluding hydrogens is 275 g/mol. The van der Waals surface area contributed by atoms with Crippen molar-refractivity contribution in [1.82, 2.24) is 9.97 Å². The molecule has 0 N–H and O–H groups in total. The summed E-state index contributed by atoms with van der Waals surface area (Å²) in [6.07, 6.45) is 1.51. The van der Waals surface area contributed by atoms with E-state index in [1.807, 2.05) is 31.2 Å². The maximum atomic E-state index is 6.11. The Hall–Kier alpha value is -0.930. The van der Waals surface area contributed by atoms with Crippen molar-refractivity contribution < 1.29 is 0 Å². The SMILES string of the molecule is Cc1ccc(Cl)c(-c2cc(Br)ncn2)c1. The summed E-state index contributed by atoms with van der Waals surface area (Å²) in [5.41, 5.74) is 2.91. The highest BCUT2D eigenvalue weighted by atomic mass is 79.9. The lowest BCUT2D eigenvalue weighted by atomic mass is 10.1. The van der Waals surface area contributed by atoms with E-state index in [2.05, 4.69) is 25.9 Å². The molecule has 0 unspecified atom stereocenters. The third kappa shape index (κ3) is 2.36. The summed E-state index contributed by atoms with van der Waals surface area (Å²) < 4.78 is 0.755. The first-order chi connectivity index (χ1) is 7.16. The maximum Gasteiger partial charge on any atom is 0.117 e. The Morgan fingerprint density at radius 3 is 2.73 bits per heavy atom. The van der Waals surface area contributed by atoms with Crippen molar-refractivity contribution in [2.75, 3.05) is 0 Å². The molecule has 0 amide bonds. The van der Waals surface area contributed by atoms with Crippen LogP contribution in [-0.4, -0.2) is 9.97 Å². The summed E-state index contributed by atoms with van der Waals surface area (Å²) in [7, 11) is 0. The molecule has 0 saturated heterocycles. The molecule has 76 valence electrons. The van der Waals surface area contributed by atoms with E-state index < -0.39 is 0 Å². The molecule has 1 heterocycles. The van der Waals surface area contributed by atoms with Gasteiger partial charge in [0, 0.05) is 10.6 Å². The monoisotopic (exact) mass is 282 g/mol. The zero-order valence-corrected chi connectivity index (χ0v) is 10.4. The van der Waals surface area contributed by atoms with Crippen molar-refractivity contribution in [3.8, 4) is 11.3 Å². The van der Waals surface area contributed by atoms with Crippen LogP contribution in [0.5, 0.6) is 0 Å². The van der Waals surface area contributed by atoms with Crippen molar-refractivity contribution >= 4 is 27.5 Å².